The molecule has 2 fully saturated rings. The molecule has 0 bridgehead atoms. The fraction of sp³-hybridized carbons (Fsp3) is 0.467. The number of anilines is 2. The topological polar surface area (TPSA) is 45.6 Å². The van der Waals surface area contributed by atoms with Gasteiger partial charge in [-0.15, -0.1) is 0 Å². The summed E-state index contributed by atoms with van der Waals surface area (Å²) in [4.78, 5) is 9.36. The van der Waals surface area contributed by atoms with E-state index in [-0.39, 0.29) is 12.1 Å². The van der Waals surface area contributed by atoms with Crippen LogP contribution in [-0.4, -0.2) is 41.5 Å². The van der Waals surface area contributed by atoms with E-state index in [9.17, 15) is 0 Å². The van der Waals surface area contributed by atoms with E-state index in [1.807, 2.05) is 18.3 Å². The summed E-state index contributed by atoms with van der Waals surface area (Å²) in [5, 5.41) is 5.02. The number of aromatic nitrogens is 2. The maximum Gasteiger partial charge on any atom is 0.174 e. The Kier molecular flexibility index (Phi) is 7.98. The molecule has 3 aromatic rings. The van der Waals surface area contributed by atoms with Gasteiger partial charge in [-0.05, 0) is 86.3 Å². The van der Waals surface area contributed by atoms with Crippen molar-refractivity contribution in [1.82, 2.24) is 14.9 Å². The monoisotopic (exact) mass is 551 g/mol. The maximum atomic E-state index is 6.99. The normalized spacial score (nSPS) is 23.7. The lowest BCUT2D eigenvalue weighted by Crippen LogP contribution is -2.38. The molecule has 2 aliphatic rings. The van der Waals surface area contributed by atoms with E-state index in [0.717, 1.165) is 41.7 Å². The van der Waals surface area contributed by atoms with E-state index in [2.05, 4.69) is 77.7 Å². The summed E-state index contributed by atoms with van der Waals surface area (Å²) in [5.74, 6) is 1.31. The third-order valence-electron chi connectivity index (χ3n) is 7.97. The summed E-state index contributed by atoms with van der Waals surface area (Å²) in [7, 11) is 1.74. The molecule has 38 heavy (non-hydrogen) atoms. The summed E-state index contributed by atoms with van der Waals surface area (Å²) < 4.78 is 7.71. The van der Waals surface area contributed by atoms with Crippen molar-refractivity contribution in [2.45, 2.75) is 52.7 Å². The lowest BCUT2D eigenvalue weighted by molar-refractivity contribution is 0.186. The number of halogens is 1. The Morgan fingerprint density at radius 1 is 1.11 bits per heavy atom. The average molecular weight is 552 g/mol. The van der Waals surface area contributed by atoms with Gasteiger partial charge in [-0.3, -0.25) is 4.98 Å². The molecule has 2 aromatic heterocycles. The highest BCUT2D eigenvalue weighted by molar-refractivity contribution is 7.80. The van der Waals surface area contributed by atoms with Crippen molar-refractivity contribution >= 4 is 40.3 Å². The van der Waals surface area contributed by atoms with Gasteiger partial charge in [0.05, 0.1) is 35.1 Å². The minimum Gasteiger partial charge on any atom is -0.383 e. The molecule has 4 heterocycles. The van der Waals surface area contributed by atoms with Crippen LogP contribution < -0.4 is 15.1 Å². The first-order valence-electron chi connectivity index (χ1n) is 13.5. The van der Waals surface area contributed by atoms with E-state index in [0.29, 0.717) is 23.6 Å². The van der Waals surface area contributed by atoms with Gasteiger partial charge >= 0.3 is 0 Å². The zero-order valence-corrected chi connectivity index (χ0v) is 24.5. The molecular weight excluding hydrogens is 514 g/mol. The number of nitrogens with one attached hydrogen (secondary N) is 1. The van der Waals surface area contributed by atoms with Gasteiger partial charge in [0.2, 0.25) is 0 Å². The fourth-order valence-corrected chi connectivity index (χ4v) is 7.00. The number of piperidine rings is 1. The van der Waals surface area contributed by atoms with Crippen LogP contribution in [0.5, 0.6) is 0 Å². The molecule has 2 aliphatic heterocycles. The van der Waals surface area contributed by atoms with Crippen LogP contribution in [0.2, 0.25) is 5.02 Å². The van der Waals surface area contributed by atoms with Gasteiger partial charge < -0.3 is 24.4 Å². The highest BCUT2D eigenvalue weighted by Crippen LogP contribution is 2.45. The van der Waals surface area contributed by atoms with Crippen molar-refractivity contribution in [2.75, 3.05) is 36.6 Å². The molecule has 4 atom stereocenters. The van der Waals surface area contributed by atoms with Crippen LogP contribution in [0.15, 0.2) is 48.7 Å². The fourth-order valence-electron chi connectivity index (χ4n) is 6.36. The third-order valence-corrected chi connectivity index (χ3v) is 8.58. The number of ether oxygens (including phenoxy) is 1. The van der Waals surface area contributed by atoms with Crippen LogP contribution in [0.4, 0.5) is 11.4 Å². The van der Waals surface area contributed by atoms with Crippen LogP contribution in [0, 0.1) is 25.7 Å². The standard InChI is InChI=1S/C30H38ClN5OS/c1-19-14-20(2)18-34(17-19)27-10-9-23(16-25(27)31)36-29(24-15-21(3)35(22(24)4)12-13-37-5)28(33-30(36)38)26-8-6-7-11-32-26/h6-11,15-16,19-20,28-29H,12-14,17-18H2,1-5H3,(H,33,38)/t19-,20+,28-,29+/m1/s1. The minimum atomic E-state index is -0.0951. The van der Waals surface area contributed by atoms with Crippen molar-refractivity contribution in [3.05, 3.63) is 76.3 Å². The van der Waals surface area contributed by atoms with E-state index in [4.69, 9.17) is 33.5 Å². The number of thiocarbonyl (C=S) groups is 1. The lowest BCUT2D eigenvalue weighted by Gasteiger charge is -2.37. The number of hydrogen-bond donors (Lipinski definition) is 1. The molecule has 2 saturated heterocycles. The van der Waals surface area contributed by atoms with Crippen LogP contribution in [-0.2, 0) is 11.3 Å². The smallest absolute Gasteiger partial charge is 0.174 e. The van der Waals surface area contributed by atoms with Gasteiger partial charge in [0.25, 0.3) is 0 Å². The van der Waals surface area contributed by atoms with E-state index < -0.39 is 0 Å². The van der Waals surface area contributed by atoms with Gasteiger partial charge in [-0.25, -0.2) is 0 Å². The zero-order chi connectivity index (χ0) is 27.0. The Bertz CT molecular complexity index is 1290. The quantitative estimate of drug-likeness (QED) is 0.340. The summed E-state index contributed by atoms with van der Waals surface area (Å²) in [6, 6.07) is 14.6. The molecular formula is C30H38ClN5OS. The number of pyridine rings is 1. The van der Waals surface area contributed by atoms with Gasteiger partial charge in [-0.2, -0.15) is 0 Å². The van der Waals surface area contributed by atoms with Crippen LogP contribution in [0.25, 0.3) is 0 Å². The molecule has 202 valence electrons. The molecule has 0 aliphatic carbocycles. The summed E-state index contributed by atoms with van der Waals surface area (Å²) >= 11 is 13.0. The SMILES string of the molecule is COCCn1c(C)cc([C@H]2[C@@H](c3ccccn3)NC(=S)N2c2ccc(N3C[C@H](C)C[C@H](C)C3)c(Cl)c2)c1C. The Hall–Kier alpha value is -2.61. The van der Waals surface area contributed by atoms with Crippen molar-refractivity contribution in [2.24, 2.45) is 11.8 Å². The van der Waals surface area contributed by atoms with Crippen molar-refractivity contribution in [3.63, 3.8) is 0 Å². The summed E-state index contributed by atoms with van der Waals surface area (Å²) in [6.07, 6.45) is 3.10. The van der Waals surface area contributed by atoms with Crippen molar-refractivity contribution in [1.29, 1.82) is 0 Å². The summed E-state index contributed by atoms with van der Waals surface area (Å²) in [6.45, 7) is 12.5. The first kappa shape index (κ1) is 27.0. The Morgan fingerprint density at radius 3 is 2.53 bits per heavy atom. The molecule has 0 amide bonds. The number of aryl methyl sites for hydroxylation is 1. The third kappa shape index (κ3) is 5.16. The average Bonchev–Trinajstić information content (AvgIpc) is 3.37. The molecule has 8 heteroatoms. The van der Waals surface area contributed by atoms with Crippen molar-refractivity contribution in [3.8, 4) is 0 Å². The van der Waals surface area contributed by atoms with E-state index in [1.165, 1.54) is 23.4 Å². The molecule has 0 spiro atoms. The number of benzene rings is 1. The van der Waals surface area contributed by atoms with Gasteiger partial charge in [0.1, 0.15) is 0 Å². The van der Waals surface area contributed by atoms with Crippen LogP contribution in [0.1, 0.15) is 55.0 Å². The summed E-state index contributed by atoms with van der Waals surface area (Å²) in [5.41, 5.74) is 6.68. The highest BCUT2D eigenvalue weighted by Gasteiger charge is 2.42. The second-order valence-corrected chi connectivity index (χ2v) is 11.7. The number of hydrogen-bond acceptors (Lipinski definition) is 4. The number of methoxy groups -OCH3 is 1. The maximum absolute atomic E-state index is 6.99. The van der Waals surface area contributed by atoms with E-state index in [1.54, 1.807) is 7.11 Å². The van der Waals surface area contributed by atoms with E-state index >= 15 is 0 Å². The van der Waals surface area contributed by atoms with Crippen molar-refractivity contribution < 1.29 is 4.74 Å². The number of nitrogens with zero attached hydrogens (tertiary/aromatic N) is 4. The van der Waals surface area contributed by atoms with Gasteiger partial charge in [-0.1, -0.05) is 31.5 Å². The highest BCUT2D eigenvalue weighted by atomic mass is 35.5. The first-order valence-corrected chi connectivity index (χ1v) is 14.3. The molecule has 0 unspecified atom stereocenters. The van der Waals surface area contributed by atoms with Gasteiger partial charge in [0, 0.05) is 50.0 Å². The number of rotatable bonds is 7. The van der Waals surface area contributed by atoms with Crippen LogP contribution >= 0.6 is 23.8 Å². The molecule has 1 N–H and O–H groups in total. The second kappa shape index (κ2) is 11.2. The van der Waals surface area contributed by atoms with Crippen LogP contribution in [0.3, 0.4) is 0 Å². The predicted molar refractivity (Wildman–Crippen MR) is 160 cm³/mol. The molecule has 0 radical (unpaired) electrons. The Morgan fingerprint density at radius 2 is 1.87 bits per heavy atom. The van der Waals surface area contributed by atoms with Gasteiger partial charge in [0.15, 0.2) is 5.11 Å². The predicted octanol–water partition coefficient (Wildman–Crippen LogP) is 6.46. The first-order chi connectivity index (χ1) is 18.3. The lowest BCUT2D eigenvalue weighted by atomic mass is 9.91. The molecule has 5 rings (SSSR count). The largest absolute Gasteiger partial charge is 0.383 e. The zero-order valence-electron chi connectivity index (χ0n) is 22.9. The molecule has 6 nitrogen and oxygen atoms in total. The Labute approximate surface area is 236 Å². The second-order valence-electron chi connectivity index (χ2n) is 11.0. The molecule has 0 saturated carbocycles. The Balaban J connectivity index is 1.55. The minimum absolute atomic E-state index is 0.0724. The molecule has 1 aromatic carbocycles.